The summed E-state index contributed by atoms with van der Waals surface area (Å²) in [5, 5.41) is 2.22. The van der Waals surface area contributed by atoms with Crippen molar-refractivity contribution in [1.29, 1.82) is 0 Å². The van der Waals surface area contributed by atoms with Gasteiger partial charge in [-0.25, -0.2) is 9.55 Å². The first-order valence-corrected chi connectivity index (χ1v) is 7.51. The molecule has 0 unspecified atom stereocenters. The highest BCUT2D eigenvalue weighted by molar-refractivity contribution is 6.09. The molecule has 1 aromatic carbocycles. The van der Waals surface area contributed by atoms with Crippen molar-refractivity contribution in [2.45, 2.75) is 13.3 Å². The van der Waals surface area contributed by atoms with Gasteiger partial charge >= 0.3 is 0 Å². The van der Waals surface area contributed by atoms with Crippen molar-refractivity contribution in [3.05, 3.63) is 59.4 Å². The van der Waals surface area contributed by atoms with Crippen molar-refractivity contribution in [3.8, 4) is 11.3 Å². The second-order valence-corrected chi connectivity index (χ2v) is 6.05. The van der Waals surface area contributed by atoms with Crippen molar-refractivity contribution in [1.82, 2.24) is 4.98 Å². The molecule has 3 nitrogen and oxygen atoms in total. The fourth-order valence-corrected chi connectivity index (χ4v) is 3.43. The number of fused-ring (bicyclic) bond motifs is 4. The summed E-state index contributed by atoms with van der Waals surface area (Å²) < 4.78 is 8.33. The third kappa shape index (κ3) is 1.45. The maximum absolute atomic E-state index is 6.13. The standard InChI is InChI=1S/C19H15N2O/c1-11-5-6-13-14-4-3-8-20-19(14)22-18(13)16(11)17-15-10-12(15)7-9-21(17)2/h3-9H,10H2,1-2H3/q+1. The Morgan fingerprint density at radius 2 is 2.05 bits per heavy atom. The predicted octanol–water partition coefficient (Wildman–Crippen LogP) is 3.69. The SMILES string of the molecule is Cc1ccc2c(oc3ncccc32)c1-c1c2c(cc[n+]1C)C2. The Hall–Kier alpha value is -2.68. The average molecular weight is 287 g/mol. The Labute approximate surface area is 127 Å². The quantitative estimate of drug-likeness (QED) is 0.440. The number of aryl methyl sites for hydroxylation is 2. The van der Waals surface area contributed by atoms with Crippen LogP contribution in [-0.2, 0) is 13.5 Å². The molecule has 4 aromatic rings. The molecular formula is C19H15N2O+. The number of furan rings is 1. The molecule has 0 amide bonds. The zero-order chi connectivity index (χ0) is 14.8. The molecule has 0 saturated carbocycles. The first-order chi connectivity index (χ1) is 10.7. The molecule has 1 aliphatic rings. The number of hydrogen-bond acceptors (Lipinski definition) is 2. The lowest BCUT2D eigenvalue weighted by molar-refractivity contribution is -0.660. The van der Waals surface area contributed by atoms with Crippen molar-refractivity contribution < 1.29 is 8.98 Å². The summed E-state index contributed by atoms with van der Waals surface area (Å²) in [5.74, 6) is 0. The van der Waals surface area contributed by atoms with Gasteiger partial charge in [0.25, 0.3) is 0 Å². The fourth-order valence-electron chi connectivity index (χ4n) is 3.43. The molecule has 3 heterocycles. The molecule has 0 atom stereocenters. The molecule has 1 aliphatic carbocycles. The van der Waals surface area contributed by atoms with Crippen LogP contribution in [0.15, 0.2) is 47.1 Å². The smallest absolute Gasteiger partial charge is 0.227 e. The van der Waals surface area contributed by atoms with E-state index in [0.717, 1.165) is 22.8 Å². The highest BCUT2D eigenvalue weighted by atomic mass is 16.3. The fraction of sp³-hybridized carbons (Fsp3) is 0.158. The zero-order valence-corrected chi connectivity index (χ0v) is 12.6. The number of nitrogens with zero attached hydrogens (tertiary/aromatic N) is 2. The van der Waals surface area contributed by atoms with Crippen LogP contribution in [0.25, 0.3) is 33.3 Å². The Bertz CT molecular complexity index is 1070. The Morgan fingerprint density at radius 1 is 1.14 bits per heavy atom. The minimum absolute atomic E-state index is 0.712. The van der Waals surface area contributed by atoms with Crippen molar-refractivity contribution in [2.24, 2.45) is 7.05 Å². The number of aromatic nitrogens is 2. The van der Waals surface area contributed by atoms with Gasteiger partial charge in [0.15, 0.2) is 11.8 Å². The van der Waals surface area contributed by atoms with Gasteiger partial charge in [-0.3, -0.25) is 0 Å². The number of rotatable bonds is 1. The molecule has 0 fully saturated rings. The molecule has 3 aromatic heterocycles. The van der Waals surface area contributed by atoms with Crippen molar-refractivity contribution in [3.63, 3.8) is 0 Å². The van der Waals surface area contributed by atoms with Gasteiger partial charge in [0, 0.05) is 35.0 Å². The van der Waals surface area contributed by atoms with E-state index in [-0.39, 0.29) is 0 Å². The molecule has 0 bridgehead atoms. The monoisotopic (exact) mass is 287 g/mol. The third-order valence-electron chi connectivity index (χ3n) is 4.63. The summed E-state index contributed by atoms with van der Waals surface area (Å²) in [6.07, 6.45) is 5.01. The number of hydrogen-bond donors (Lipinski definition) is 0. The third-order valence-corrected chi connectivity index (χ3v) is 4.63. The maximum atomic E-state index is 6.13. The van der Waals surface area contributed by atoms with E-state index in [4.69, 9.17) is 4.42 Å². The summed E-state index contributed by atoms with van der Waals surface area (Å²) in [5.41, 5.74) is 8.26. The predicted molar refractivity (Wildman–Crippen MR) is 85.7 cm³/mol. The molecule has 22 heavy (non-hydrogen) atoms. The first-order valence-electron chi connectivity index (χ1n) is 7.51. The average Bonchev–Trinajstić information content (AvgIpc) is 3.21. The molecule has 106 valence electrons. The number of benzene rings is 1. The van der Waals surface area contributed by atoms with Gasteiger partial charge in [-0.2, -0.15) is 0 Å². The van der Waals surface area contributed by atoms with E-state index in [0.29, 0.717) is 5.71 Å². The van der Waals surface area contributed by atoms with E-state index in [1.54, 1.807) is 6.20 Å². The molecule has 3 heteroatoms. The summed E-state index contributed by atoms with van der Waals surface area (Å²) in [6.45, 7) is 2.15. The lowest BCUT2D eigenvalue weighted by Gasteiger charge is -2.05. The minimum Gasteiger partial charge on any atom is -0.437 e. The molecule has 0 N–H and O–H groups in total. The van der Waals surface area contributed by atoms with Gasteiger partial charge in [-0.1, -0.05) is 12.1 Å². The van der Waals surface area contributed by atoms with E-state index in [1.807, 2.05) is 6.07 Å². The molecule has 0 saturated heterocycles. The Kier molecular flexibility index (Phi) is 2.14. The summed E-state index contributed by atoms with van der Waals surface area (Å²) >= 11 is 0. The van der Waals surface area contributed by atoms with Gasteiger partial charge in [0.1, 0.15) is 7.05 Å². The van der Waals surface area contributed by atoms with Crippen LogP contribution < -0.4 is 4.57 Å². The minimum atomic E-state index is 0.712. The summed E-state index contributed by atoms with van der Waals surface area (Å²) in [7, 11) is 2.10. The lowest BCUT2D eigenvalue weighted by atomic mass is 10.0. The van der Waals surface area contributed by atoms with Crippen LogP contribution >= 0.6 is 0 Å². The Balaban J connectivity index is 1.97. The zero-order valence-electron chi connectivity index (χ0n) is 12.6. The lowest BCUT2D eigenvalue weighted by Crippen LogP contribution is -2.30. The molecular weight excluding hydrogens is 272 g/mol. The van der Waals surface area contributed by atoms with Gasteiger partial charge < -0.3 is 4.42 Å². The van der Waals surface area contributed by atoms with Crippen LogP contribution in [0.3, 0.4) is 0 Å². The van der Waals surface area contributed by atoms with Crippen molar-refractivity contribution in [2.75, 3.05) is 0 Å². The van der Waals surface area contributed by atoms with Gasteiger partial charge in [-0.05, 0) is 30.2 Å². The van der Waals surface area contributed by atoms with Crippen LogP contribution in [-0.4, -0.2) is 4.98 Å². The summed E-state index contributed by atoms with van der Waals surface area (Å²) in [6, 6.07) is 10.6. The van der Waals surface area contributed by atoms with Crippen LogP contribution in [0.5, 0.6) is 0 Å². The molecule has 0 radical (unpaired) electrons. The van der Waals surface area contributed by atoms with Gasteiger partial charge in [-0.15, -0.1) is 0 Å². The maximum Gasteiger partial charge on any atom is 0.227 e. The molecule has 5 rings (SSSR count). The second-order valence-electron chi connectivity index (χ2n) is 6.05. The largest absolute Gasteiger partial charge is 0.437 e. The van der Waals surface area contributed by atoms with E-state index in [9.17, 15) is 0 Å². The molecule has 0 spiro atoms. The highest BCUT2D eigenvalue weighted by Gasteiger charge is 2.32. The molecule has 0 aliphatic heterocycles. The first kappa shape index (κ1) is 11.9. The highest BCUT2D eigenvalue weighted by Crippen LogP contribution is 2.41. The van der Waals surface area contributed by atoms with Crippen molar-refractivity contribution >= 4 is 22.1 Å². The summed E-state index contributed by atoms with van der Waals surface area (Å²) in [4.78, 5) is 4.37. The van der Waals surface area contributed by atoms with Gasteiger partial charge in [0.05, 0.1) is 5.56 Å². The van der Waals surface area contributed by atoms with Crippen LogP contribution in [0.4, 0.5) is 0 Å². The van der Waals surface area contributed by atoms with E-state index >= 15 is 0 Å². The second kappa shape index (κ2) is 3.95. The van der Waals surface area contributed by atoms with Crippen LogP contribution in [0.2, 0.25) is 0 Å². The Morgan fingerprint density at radius 3 is 2.95 bits per heavy atom. The van der Waals surface area contributed by atoms with E-state index in [2.05, 4.69) is 54.0 Å². The normalized spacial score (nSPS) is 12.8. The van der Waals surface area contributed by atoms with E-state index < -0.39 is 0 Å². The number of pyridine rings is 2. The topological polar surface area (TPSA) is 29.9 Å². The van der Waals surface area contributed by atoms with Gasteiger partial charge in [0.2, 0.25) is 11.4 Å². The van der Waals surface area contributed by atoms with E-state index in [1.165, 1.54) is 27.9 Å². The van der Waals surface area contributed by atoms with Crippen LogP contribution in [0, 0.1) is 6.92 Å². The van der Waals surface area contributed by atoms with Crippen LogP contribution in [0.1, 0.15) is 16.7 Å².